The zero-order valence-corrected chi connectivity index (χ0v) is 18.9. The van der Waals surface area contributed by atoms with Crippen LogP contribution in [0.1, 0.15) is 5.56 Å². The number of nitrogens with two attached hydrogens (primary N) is 1. The van der Waals surface area contributed by atoms with Gasteiger partial charge in [0.25, 0.3) is 17.7 Å². The number of ether oxygens (including phenoxy) is 2. The molecule has 2 unspecified atom stereocenters. The van der Waals surface area contributed by atoms with Gasteiger partial charge in [-0.15, -0.1) is 0 Å². The fraction of sp³-hybridized carbons (Fsp3) is 0.304. The highest BCUT2D eigenvalue weighted by atomic mass is 19.1. The van der Waals surface area contributed by atoms with Gasteiger partial charge in [-0.1, -0.05) is 6.07 Å². The smallest absolute Gasteiger partial charge is 0.259 e. The Bertz CT molecular complexity index is 1200. The number of morpholine rings is 2. The molecule has 0 bridgehead atoms. The zero-order valence-electron chi connectivity index (χ0n) is 18.9. The average molecular weight is 503 g/mol. The van der Waals surface area contributed by atoms with Crippen molar-refractivity contribution < 1.29 is 37.7 Å². The first-order valence-corrected chi connectivity index (χ1v) is 10.9. The molecule has 0 aliphatic carbocycles. The molecule has 2 fully saturated rings. The first-order valence-electron chi connectivity index (χ1n) is 10.9. The van der Waals surface area contributed by atoms with Crippen LogP contribution in [0, 0.1) is 17.0 Å². The number of amides is 3. The van der Waals surface area contributed by atoms with Crippen molar-refractivity contribution in [2.45, 2.75) is 12.2 Å². The Morgan fingerprint density at radius 1 is 1.11 bits per heavy atom. The molecule has 11 nitrogen and oxygen atoms in total. The predicted molar refractivity (Wildman–Crippen MR) is 124 cm³/mol. The molecule has 2 atom stereocenters. The number of amidine groups is 1. The van der Waals surface area contributed by atoms with E-state index in [1.54, 1.807) is 24.3 Å². The molecule has 0 saturated carbocycles. The number of carbonyl (C=O) groups excluding carboxylic acids is 3. The summed E-state index contributed by atoms with van der Waals surface area (Å²) in [5, 5.41) is 19.9. The van der Waals surface area contributed by atoms with Gasteiger partial charge in [-0.2, -0.15) is 0 Å². The first-order chi connectivity index (χ1) is 17.2. The molecule has 3 amide bonds. The van der Waals surface area contributed by atoms with Crippen LogP contribution in [-0.2, 0) is 23.9 Å². The second-order valence-electron chi connectivity index (χ2n) is 8.06. The van der Waals surface area contributed by atoms with Gasteiger partial charge in [0.15, 0.2) is 12.2 Å². The lowest BCUT2D eigenvalue weighted by Crippen LogP contribution is -2.55. The van der Waals surface area contributed by atoms with Crippen molar-refractivity contribution >= 4 is 40.6 Å². The Kier molecular flexibility index (Phi) is 7.24. The second kappa shape index (κ2) is 10.4. The van der Waals surface area contributed by atoms with Crippen molar-refractivity contribution in [2.75, 3.05) is 48.0 Å². The fourth-order valence-electron chi connectivity index (χ4n) is 3.96. The number of aliphatic hydroxyl groups is 1. The summed E-state index contributed by atoms with van der Waals surface area (Å²) in [5.74, 6) is -5.24. The molecular formula is C23H23F2N5O6. The number of nitrogens with one attached hydrogen (secondary N) is 2. The standard InChI is InChI=1S/C23H23F2N5O6/c24-15-8-12(9-16(25)18(15)21(26)27)28-22(33)19(32)20-23(34)30(5-7-36-20)14-3-1-2-13(10-14)29-4-6-35-11-17(29)31/h1-3,8-10,19-20,32H,4-7,11H2,(H3,26,27)(H,28,33). The number of aliphatic hydroxyl groups excluding tert-OH is 1. The summed E-state index contributed by atoms with van der Waals surface area (Å²) in [7, 11) is 0. The topological polar surface area (TPSA) is 158 Å². The molecule has 0 aromatic heterocycles. The average Bonchev–Trinajstić information content (AvgIpc) is 2.83. The quantitative estimate of drug-likeness (QED) is 0.327. The predicted octanol–water partition coefficient (Wildman–Crippen LogP) is 0.343. The molecule has 2 aromatic carbocycles. The molecule has 2 aromatic rings. The maximum atomic E-state index is 14.1. The summed E-state index contributed by atoms with van der Waals surface area (Å²) in [5.41, 5.74) is 5.04. The van der Waals surface area contributed by atoms with Gasteiger partial charge in [-0.25, -0.2) is 8.78 Å². The van der Waals surface area contributed by atoms with Crippen molar-refractivity contribution in [1.82, 2.24) is 0 Å². The molecule has 36 heavy (non-hydrogen) atoms. The van der Waals surface area contributed by atoms with Crippen LogP contribution in [-0.4, -0.2) is 73.8 Å². The van der Waals surface area contributed by atoms with Crippen LogP contribution in [0.3, 0.4) is 0 Å². The highest BCUT2D eigenvalue weighted by Crippen LogP contribution is 2.27. The van der Waals surface area contributed by atoms with E-state index < -0.39 is 47.1 Å². The van der Waals surface area contributed by atoms with Crippen LogP contribution < -0.4 is 20.9 Å². The van der Waals surface area contributed by atoms with Gasteiger partial charge in [0, 0.05) is 30.2 Å². The maximum Gasteiger partial charge on any atom is 0.259 e. The van der Waals surface area contributed by atoms with Crippen LogP contribution in [0.25, 0.3) is 0 Å². The fourth-order valence-corrected chi connectivity index (χ4v) is 3.96. The zero-order chi connectivity index (χ0) is 26.0. The van der Waals surface area contributed by atoms with Crippen LogP contribution in [0.2, 0.25) is 0 Å². The Labute approximate surface area is 203 Å². The molecule has 2 aliphatic rings. The van der Waals surface area contributed by atoms with Gasteiger partial charge in [-0.3, -0.25) is 19.8 Å². The first kappa shape index (κ1) is 25.2. The maximum absolute atomic E-state index is 14.1. The van der Waals surface area contributed by atoms with E-state index >= 15 is 0 Å². The Hall–Kier alpha value is -3.94. The van der Waals surface area contributed by atoms with Crippen LogP contribution >= 0.6 is 0 Å². The van der Waals surface area contributed by atoms with Gasteiger partial charge in [-0.05, 0) is 30.3 Å². The number of hydrogen-bond donors (Lipinski definition) is 4. The molecule has 0 radical (unpaired) electrons. The van der Waals surface area contributed by atoms with E-state index in [0.29, 0.717) is 24.5 Å². The molecule has 190 valence electrons. The van der Waals surface area contributed by atoms with Gasteiger partial charge in [0.1, 0.15) is 24.1 Å². The third-order valence-corrected chi connectivity index (χ3v) is 5.70. The number of nitrogens with zero attached hydrogens (tertiary/aromatic N) is 2. The van der Waals surface area contributed by atoms with E-state index in [4.69, 9.17) is 20.6 Å². The van der Waals surface area contributed by atoms with Crippen LogP contribution in [0.15, 0.2) is 36.4 Å². The summed E-state index contributed by atoms with van der Waals surface area (Å²) in [4.78, 5) is 40.7. The third kappa shape index (κ3) is 5.03. The van der Waals surface area contributed by atoms with E-state index in [-0.39, 0.29) is 31.4 Å². The van der Waals surface area contributed by atoms with E-state index in [9.17, 15) is 28.3 Å². The number of nitrogen functional groups attached to an aromatic ring is 1. The minimum Gasteiger partial charge on any atom is -0.384 e. The molecule has 0 spiro atoms. The second-order valence-corrected chi connectivity index (χ2v) is 8.06. The Morgan fingerprint density at radius 3 is 2.39 bits per heavy atom. The van der Waals surface area contributed by atoms with E-state index in [2.05, 4.69) is 5.32 Å². The number of carbonyl (C=O) groups is 3. The van der Waals surface area contributed by atoms with Gasteiger partial charge in [0.05, 0.1) is 18.8 Å². The van der Waals surface area contributed by atoms with Crippen LogP contribution in [0.5, 0.6) is 0 Å². The van der Waals surface area contributed by atoms with E-state index in [1.807, 2.05) is 0 Å². The molecule has 5 N–H and O–H groups in total. The number of benzene rings is 2. The SMILES string of the molecule is N=C(N)c1c(F)cc(NC(=O)C(O)C2OCCN(c3cccc(N4CCOCC4=O)c3)C2=O)cc1F. The van der Waals surface area contributed by atoms with Gasteiger partial charge >= 0.3 is 0 Å². The van der Waals surface area contributed by atoms with Crippen molar-refractivity contribution in [1.29, 1.82) is 5.41 Å². The molecule has 2 saturated heterocycles. The lowest BCUT2D eigenvalue weighted by atomic mass is 10.1. The van der Waals surface area contributed by atoms with E-state index in [1.165, 1.54) is 9.80 Å². The van der Waals surface area contributed by atoms with Crippen molar-refractivity contribution in [3.05, 3.63) is 53.6 Å². The monoisotopic (exact) mass is 503 g/mol. The number of hydrogen-bond acceptors (Lipinski definition) is 7. The molecule has 2 aliphatic heterocycles. The Morgan fingerprint density at radius 2 is 1.75 bits per heavy atom. The minimum absolute atomic E-state index is 0.00196. The van der Waals surface area contributed by atoms with Gasteiger partial charge < -0.3 is 35.4 Å². The molecular weight excluding hydrogens is 480 g/mol. The molecule has 2 heterocycles. The lowest BCUT2D eigenvalue weighted by molar-refractivity contribution is -0.150. The number of halogens is 2. The minimum atomic E-state index is -2.00. The van der Waals surface area contributed by atoms with Crippen molar-refractivity contribution in [2.24, 2.45) is 5.73 Å². The lowest BCUT2D eigenvalue weighted by Gasteiger charge is -2.35. The van der Waals surface area contributed by atoms with Crippen molar-refractivity contribution in [3.8, 4) is 0 Å². The Balaban J connectivity index is 1.49. The summed E-state index contributed by atoms with van der Waals surface area (Å²) < 4.78 is 38.6. The van der Waals surface area contributed by atoms with Crippen molar-refractivity contribution in [3.63, 3.8) is 0 Å². The summed E-state index contributed by atoms with van der Waals surface area (Å²) >= 11 is 0. The summed E-state index contributed by atoms with van der Waals surface area (Å²) in [6, 6.07) is 8.13. The molecule has 13 heteroatoms. The highest BCUT2D eigenvalue weighted by Gasteiger charge is 2.39. The van der Waals surface area contributed by atoms with Crippen LogP contribution in [0.4, 0.5) is 25.8 Å². The summed E-state index contributed by atoms with van der Waals surface area (Å²) in [6.07, 6.45) is -3.58. The highest BCUT2D eigenvalue weighted by molar-refractivity contribution is 6.04. The molecule has 4 rings (SSSR count). The number of anilines is 3. The largest absolute Gasteiger partial charge is 0.384 e. The summed E-state index contributed by atoms with van der Waals surface area (Å²) in [6.45, 7) is 0.817. The normalized spacial score (nSPS) is 19.2. The third-order valence-electron chi connectivity index (χ3n) is 5.70. The van der Waals surface area contributed by atoms with Gasteiger partial charge in [0.2, 0.25) is 0 Å². The van der Waals surface area contributed by atoms with E-state index in [0.717, 1.165) is 12.1 Å². The number of rotatable bonds is 6.